The minimum absolute atomic E-state index is 0.0958. The molecule has 2 heterocycles. The van der Waals surface area contributed by atoms with Gasteiger partial charge in [-0.05, 0) is 49.3 Å². The van der Waals surface area contributed by atoms with Crippen molar-refractivity contribution in [1.82, 2.24) is 25.1 Å². The number of nitrogens with zero attached hydrogens (tertiary/aromatic N) is 4. The minimum Gasteiger partial charge on any atom is -0.390 e. The summed E-state index contributed by atoms with van der Waals surface area (Å²) in [6.45, 7) is 5.73. The first-order valence-electron chi connectivity index (χ1n) is 18.3. The number of thiazole rings is 1. The lowest BCUT2D eigenvalue weighted by atomic mass is 9.81. The van der Waals surface area contributed by atoms with Crippen LogP contribution in [0.15, 0.2) is 60.1 Å². The Balaban J connectivity index is 1.69. The number of aromatic nitrogens is 2. The molecule has 0 saturated heterocycles. The highest BCUT2D eigenvalue weighted by molar-refractivity contribution is 7.13. The highest BCUT2D eigenvalue weighted by atomic mass is 32.1. The number of amides is 3. The molecule has 278 valence electrons. The average Bonchev–Trinajstić information content (AvgIpc) is 3.53. The van der Waals surface area contributed by atoms with Gasteiger partial charge in [-0.3, -0.25) is 19.4 Å². The zero-order chi connectivity index (χ0) is 36.9. The molecule has 3 aromatic rings. The van der Waals surface area contributed by atoms with E-state index in [1.54, 1.807) is 24.7 Å². The van der Waals surface area contributed by atoms with Crippen molar-refractivity contribution in [2.75, 3.05) is 19.3 Å². The van der Waals surface area contributed by atoms with Crippen LogP contribution in [0.3, 0.4) is 0 Å². The van der Waals surface area contributed by atoms with Crippen LogP contribution in [0.5, 0.6) is 0 Å². The van der Waals surface area contributed by atoms with E-state index in [0.717, 1.165) is 37.7 Å². The van der Waals surface area contributed by atoms with Crippen molar-refractivity contribution in [3.63, 3.8) is 0 Å². The van der Waals surface area contributed by atoms with Crippen molar-refractivity contribution in [1.29, 1.82) is 0 Å². The Labute approximate surface area is 306 Å². The fraction of sp³-hybridized carbons (Fsp3) is 0.564. The predicted molar refractivity (Wildman–Crippen MR) is 200 cm³/mol. The summed E-state index contributed by atoms with van der Waals surface area (Å²) >= 11 is 1.25. The maximum Gasteiger partial charge on any atom is 0.242 e. The molecule has 1 fully saturated rings. The molecule has 11 nitrogen and oxygen atoms in total. The van der Waals surface area contributed by atoms with E-state index in [1.165, 1.54) is 21.1 Å². The van der Waals surface area contributed by atoms with Gasteiger partial charge in [-0.2, -0.15) is 0 Å². The monoisotopic (exact) mass is 720 g/mol. The van der Waals surface area contributed by atoms with Crippen LogP contribution in [0.25, 0.3) is 0 Å². The molecule has 0 aliphatic heterocycles. The summed E-state index contributed by atoms with van der Waals surface area (Å²) in [4.78, 5) is 54.4. The van der Waals surface area contributed by atoms with E-state index >= 15 is 4.79 Å². The molecule has 51 heavy (non-hydrogen) atoms. The first-order chi connectivity index (χ1) is 24.4. The molecule has 0 spiro atoms. The molecule has 0 radical (unpaired) electrons. The number of aliphatic hydroxyl groups excluding tert-OH is 2. The van der Waals surface area contributed by atoms with Crippen molar-refractivity contribution < 1.29 is 24.6 Å². The van der Waals surface area contributed by atoms with Gasteiger partial charge in [-0.15, -0.1) is 11.3 Å². The third-order valence-electron chi connectivity index (χ3n) is 9.82. The summed E-state index contributed by atoms with van der Waals surface area (Å²) in [5.74, 6) is -1.71. The van der Waals surface area contributed by atoms with Gasteiger partial charge in [0.15, 0.2) is 5.13 Å². The third kappa shape index (κ3) is 12.4. The van der Waals surface area contributed by atoms with Crippen molar-refractivity contribution >= 4 is 34.2 Å². The van der Waals surface area contributed by atoms with Crippen molar-refractivity contribution in [3.05, 3.63) is 77.1 Å². The first kappa shape index (κ1) is 39.9. The van der Waals surface area contributed by atoms with Crippen LogP contribution in [0.2, 0.25) is 0 Å². The van der Waals surface area contributed by atoms with Gasteiger partial charge in [0, 0.05) is 31.5 Å². The molecule has 0 unspecified atom stereocenters. The second kappa shape index (κ2) is 19.7. The molecule has 3 amide bonds. The van der Waals surface area contributed by atoms with E-state index in [4.69, 9.17) is 5.73 Å². The van der Waals surface area contributed by atoms with Crippen molar-refractivity contribution in [2.45, 2.75) is 109 Å². The van der Waals surface area contributed by atoms with E-state index in [2.05, 4.69) is 15.3 Å². The number of hydrogen-bond donors (Lipinski definition) is 4. The third-order valence-corrected chi connectivity index (χ3v) is 10.5. The predicted octanol–water partition coefficient (Wildman–Crippen LogP) is 5.14. The SMILES string of the molecule is CC(C)C[C@H](O)[C@H](O)[C@H](CC1CCCCC1)N(CC(=O)N(C)Cc1ccccn1)C(=O)[C@@H](CC(=O)N[C@@H](C)c1ccccc1)Cc1csc(N)n1. The van der Waals surface area contributed by atoms with Crippen LogP contribution in [-0.2, 0) is 27.3 Å². The zero-order valence-electron chi connectivity index (χ0n) is 30.5. The number of carbonyl (C=O) groups is 3. The van der Waals surface area contributed by atoms with Gasteiger partial charge in [-0.25, -0.2) is 4.98 Å². The van der Waals surface area contributed by atoms with Gasteiger partial charge in [0.25, 0.3) is 0 Å². The Morgan fingerprint density at radius 3 is 2.33 bits per heavy atom. The van der Waals surface area contributed by atoms with Crippen LogP contribution in [0, 0.1) is 17.8 Å². The Kier molecular flexibility index (Phi) is 15.4. The standard InChI is InChI=1S/C39H56N6O5S/c1-26(2)19-34(46)37(49)33(20-28-13-7-5-8-14-28)45(24-36(48)44(4)23-31-17-11-12-18-41-31)38(50)30(21-32-25-51-39(40)43-32)22-35(47)42-27(3)29-15-9-6-10-16-29/h6,9-12,15-18,25-28,30,33-34,37,46,49H,5,7-8,13-14,19-24H2,1-4H3,(H2,40,43)(H,42,47)/t27-,30+,33-,34-,37+/m0/s1. The van der Waals surface area contributed by atoms with Crippen LogP contribution in [-0.4, -0.2) is 79.5 Å². The van der Waals surface area contributed by atoms with Crippen LogP contribution >= 0.6 is 11.3 Å². The average molecular weight is 721 g/mol. The summed E-state index contributed by atoms with van der Waals surface area (Å²) in [6.07, 6.45) is 5.11. The highest BCUT2D eigenvalue weighted by Gasteiger charge is 2.40. The Morgan fingerprint density at radius 1 is 1.00 bits per heavy atom. The molecule has 5 N–H and O–H groups in total. The highest BCUT2D eigenvalue weighted by Crippen LogP contribution is 2.32. The van der Waals surface area contributed by atoms with Crippen LogP contribution < -0.4 is 11.1 Å². The normalized spacial score (nSPS) is 16.5. The molecule has 12 heteroatoms. The van der Waals surface area contributed by atoms with Gasteiger partial charge in [0.2, 0.25) is 17.7 Å². The van der Waals surface area contributed by atoms with Gasteiger partial charge >= 0.3 is 0 Å². The topological polar surface area (TPSA) is 162 Å². The van der Waals surface area contributed by atoms with Gasteiger partial charge < -0.3 is 31.1 Å². The van der Waals surface area contributed by atoms with E-state index in [-0.39, 0.29) is 55.6 Å². The smallest absolute Gasteiger partial charge is 0.242 e. The number of nitrogen functional groups attached to an aromatic ring is 1. The van der Waals surface area contributed by atoms with Crippen LogP contribution in [0.1, 0.15) is 95.1 Å². The zero-order valence-corrected chi connectivity index (χ0v) is 31.3. The molecular weight excluding hydrogens is 665 g/mol. The second-order valence-corrected chi connectivity index (χ2v) is 15.4. The molecule has 1 aliphatic rings. The molecule has 0 bridgehead atoms. The molecular formula is C39H56N6O5S. The maximum atomic E-state index is 15.0. The Morgan fingerprint density at radius 2 is 1.71 bits per heavy atom. The maximum absolute atomic E-state index is 15.0. The first-order valence-corrected chi connectivity index (χ1v) is 19.1. The number of nitrogens with two attached hydrogens (primary N) is 1. The molecule has 1 aliphatic carbocycles. The number of anilines is 1. The Hall–Kier alpha value is -3.87. The number of nitrogens with one attached hydrogen (secondary N) is 1. The molecule has 5 atom stereocenters. The summed E-state index contributed by atoms with van der Waals surface area (Å²) < 4.78 is 0. The van der Waals surface area contributed by atoms with E-state index in [1.807, 2.05) is 63.2 Å². The van der Waals surface area contributed by atoms with Gasteiger partial charge in [0.05, 0.1) is 42.0 Å². The summed E-state index contributed by atoms with van der Waals surface area (Å²) in [6, 6.07) is 13.9. The fourth-order valence-corrected chi connectivity index (χ4v) is 7.62. The lowest BCUT2D eigenvalue weighted by molar-refractivity contribution is -0.151. The number of benzene rings is 1. The number of likely N-dealkylation sites (N-methyl/N-ethyl adjacent to an activating group) is 1. The minimum atomic E-state index is -1.30. The summed E-state index contributed by atoms with van der Waals surface area (Å²) in [5.41, 5.74) is 8.16. The van der Waals surface area contributed by atoms with Crippen molar-refractivity contribution in [2.24, 2.45) is 17.8 Å². The van der Waals surface area contributed by atoms with E-state index in [9.17, 15) is 19.8 Å². The lowest BCUT2D eigenvalue weighted by Crippen LogP contribution is -2.56. The molecule has 4 rings (SSSR count). The molecule has 1 saturated carbocycles. The fourth-order valence-electron chi connectivity index (χ4n) is 7.04. The molecule has 2 aromatic heterocycles. The van der Waals surface area contributed by atoms with Gasteiger partial charge in [0.1, 0.15) is 12.6 Å². The largest absolute Gasteiger partial charge is 0.390 e. The van der Waals surface area contributed by atoms with E-state index < -0.39 is 30.1 Å². The number of rotatable bonds is 18. The van der Waals surface area contributed by atoms with Crippen LogP contribution in [0.4, 0.5) is 5.13 Å². The number of carbonyl (C=O) groups excluding carboxylic acids is 3. The Bertz CT molecular complexity index is 1520. The van der Waals surface area contributed by atoms with Crippen molar-refractivity contribution in [3.8, 4) is 0 Å². The second-order valence-electron chi connectivity index (χ2n) is 14.5. The van der Waals surface area contributed by atoms with E-state index in [0.29, 0.717) is 29.4 Å². The summed E-state index contributed by atoms with van der Waals surface area (Å²) in [7, 11) is 1.66. The van der Waals surface area contributed by atoms with Gasteiger partial charge in [-0.1, -0.05) is 82.3 Å². The molecule has 1 aromatic carbocycles. The lowest BCUT2D eigenvalue weighted by Gasteiger charge is -2.41. The number of aliphatic hydroxyl groups is 2. The quantitative estimate of drug-likeness (QED) is 0.141. The number of pyridine rings is 1. The number of hydrogen-bond acceptors (Lipinski definition) is 9. The summed E-state index contributed by atoms with van der Waals surface area (Å²) in [5, 5.41) is 28.3.